The molecule has 0 amide bonds. The molecule has 0 unspecified atom stereocenters. The quantitative estimate of drug-likeness (QED) is 0.907. The molecule has 1 aromatic heterocycles. The van der Waals surface area contributed by atoms with Gasteiger partial charge in [-0.2, -0.15) is 17.0 Å². The summed E-state index contributed by atoms with van der Waals surface area (Å²) in [6.45, 7) is 1.70. The van der Waals surface area contributed by atoms with E-state index in [9.17, 15) is 8.42 Å². The highest BCUT2D eigenvalue weighted by Crippen LogP contribution is 2.16. The largest absolute Gasteiger partial charge is 0.342 e. The van der Waals surface area contributed by atoms with Crippen LogP contribution in [-0.4, -0.2) is 53.7 Å². The Labute approximate surface area is 125 Å². The Morgan fingerprint density at radius 2 is 2.00 bits per heavy atom. The number of likely N-dealkylation sites (N-methyl/N-ethyl adjacent to an activating group) is 1. The third-order valence-electron chi connectivity index (χ3n) is 3.89. The van der Waals surface area contributed by atoms with Gasteiger partial charge in [0.2, 0.25) is 0 Å². The first-order valence-electron chi connectivity index (χ1n) is 7.22. The van der Waals surface area contributed by atoms with E-state index in [0.29, 0.717) is 26.1 Å². The van der Waals surface area contributed by atoms with E-state index in [1.165, 1.54) is 4.31 Å². The number of rotatable bonds is 5. The smallest absolute Gasteiger partial charge is 0.281 e. The Balaban J connectivity index is 1.66. The molecule has 1 N–H and O–H groups in total. The highest BCUT2D eigenvalue weighted by molar-refractivity contribution is 7.86. The summed E-state index contributed by atoms with van der Waals surface area (Å²) in [7, 11) is -1.68. The lowest BCUT2D eigenvalue weighted by molar-refractivity contribution is 0.395. The van der Waals surface area contributed by atoms with Crippen molar-refractivity contribution in [3.05, 3.63) is 30.1 Å². The summed E-state index contributed by atoms with van der Waals surface area (Å²) in [5.41, 5.74) is 1.90. The number of benzene rings is 1. The van der Waals surface area contributed by atoms with Crippen molar-refractivity contribution in [3.63, 3.8) is 0 Å². The lowest BCUT2D eigenvalue weighted by Crippen LogP contribution is -2.41. The van der Waals surface area contributed by atoms with Gasteiger partial charge in [0.25, 0.3) is 10.2 Å². The first-order chi connectivity index (χ1) is 10.1. The molecule has 114 valence electrons. The van der Waals surface area contributed by atoms with E-state index in [1.807, 2.05) is 24.3 Å². The molecule has 21 heavy (non-hydrogen) atoms. The van der Waals surface area contributed by atoms with Crippen molar-refractivity contribution in [1.82, 2.24) is 18.6 Å². The van der Waals surface area contributed by atoms with E-state index in [-0.39, 0.29) is 0 Å². The van der Waals surface area contributed by atoms with E-state index in [1.54, 1.807) is 11.4 Å². The van der Waals surface area contributed by atoms with Crippen LogP contribution in [0.15, 0.2) is 24.3 Å². The normalized spacial score (nSPS) is 17.0. The molecule has 0 radical (unpaired) electrons. The summed E-state index contributed by atoms with van der Waals surface area (Å²) >= 11 is 0. The Morgan fingerprint density at radius 3 is 2.71 bits per heavy atom. The van der Waals surface area contributed by atoms with E-state index < -0.39 is 10.2 Å². The summed E-state index contributed by atoms with van der Waals surface area (Å²) < 4.78 is 27.7. The van der Waals surface area contributed by atoms with Crippen molar-refractivity contribution < 1.29 is 8.42 Å². The lowest BCUT2D eigenvalue weighted by Gasteiger charge is -2.23. The maximum atomic E-state index is 12.3. The number of H-pyrrole nitrogens is 1. The number of para-hydroxylation sites is 2. The van der Waals surface area contributed by atoms with Gasteiger partial charge >= 0.3 is 0 Å². The van der Waals surface area contributed by atoms with E-state index >= 15 is 0 Å². The predicted molar refractivity (Wildman–Crippen MR) is 82.2 cm³/mol. The Kier molecular flexibility index (Phi) is 3.97. The molecule has 2 aromatic rings. The van der Waals surface area contributed by atoms with Crippen LogP contribution in [-0.2, 0) is 16.6 Å². The average Bonchev–Trinajstić information content (AvgIpc) is 3.13. The maximum absolute atomic E-state index is 12.3. The Morgan fingerprint density at radius 1 is 1.29 bits per heavy atom. The Hall–Kier alpha value is -1.44. The number of aromatic amines is 1. The number of imidazole rings is 1. The minimum Gasteiger partial charge on any atom is -0.342 e. The van der Waals surface area contributed by atoms with Gasteiger partial charge in [0, 0.05) is 33.1 Å². The second kappa shape index (κ2) is 5.75. The van der Waals surface area contributed by atoms with Crippen molar-refractivity contribution >= 4 is 21.2 Å². The minimum absolute atomic E-state index is 0.429. The first kappa shape index (κ1) is 14.5. The van der Waals surface area contributed by atoms with Crippen molar-refractivity contribution in [3.8, 4) is 0 Å². The molecule has 1 fully saturated rings. The molecule has 1 saturated heterocycles. The van der Waals surface area contributed by atoms with E-state index in [4.69, 9.17) is 0 Å². The highest BCUT2D eigenvalue weighted by atomic mass is 32.2. The molecular formula is C14H20N4O2S. The van der Waals surface area contributed by atoms with Crippen LogP contribution in [0, 0.1) is 0 Å². The van der Waals surface area contributed by atoms with Crippen molar-refractivity contribution in [2.75, 3.05) is 26.7 Å². The zero-order valence-electron chi connectivity index (χ0n) is 12.1. The SMILES string of the molecule is CN(CCc1nc2ccccc2[nH]1)S(=O)(=O)N1CCCC1. The van der Waals surface area contributed by atoms with Gasteiger partial charge in [-0.05, 0) is 25.0 Å². The van der Waals surface area contributed by atoms with Gasteiger partial charge in [-0.3, -0.25) is 0 Å². The summed E-state index contributed by atoms with van der Waals surface area (Å²) in [6, 6.07) is 7.81. The molecule has 2 heterocycles. The monoisotopic (exact) mass is 308 g/mol. The number of hydrogen-bond acceptors (Lipinski definition) is 3. The predicted octanol–water partition coefficient (Wildman–Crippen LogP) is 1.38. The fourth-order valence-electron chi connectivity index (χ4n) is 2.62. The van der Waals surface area contributed by atoms with Crippen LogP contribution in [0.5, 0.6) is 0 Å². The number of nitrogens with zero attached hydrogens (tertiary/aromatic N) is 3. The number of fused-ring (bicyclic) bond motifs is 1. The maximum Gasteiger partial charge on any atom is 0.281 e. The van der Waals surface area contributed by atoms with Crippen LogP contribution in [0.4, 0.5) is 0 Å². The molecule has 0 saturated carbocycles. The van der Waals surface area contributed by atoms with E-state index in [0.717, 1.165) is 29.7 Å². The molecule has 0 spiro atoms. The lowest BCUT2D eigenvalue weighted by atomic mass is 10.3. The van der Waals surface area contributed by atoms with Crippen LogP contribution in [0.25, 0.3) is 11.0 Å². The van der Waals surface area contributed by atoms with Crippen molar-refractivity contribution in [2.45, 2.75) is 19.3 Å². The first-order valence-corrected chi connectivity index (χ1v) is 8.62. The summed E-state index contributed by atoms with van der Waals surface area (Å²) in [5.74, 6) is 0.819. The molecule has 0 bridgehead atoms. The molecule has 3 rings (SSSR count). The highest BCUT2D eigenvalue weighted by Gasteiger charge is 2.29. The Bertz CT molecular complexity index is 686. The van der Waals surface area contributed by atoms with Crippen LogP contribution >= 0.6 is 0 Å². The third-order valence-corrected chi connectivity index (χ3v) is 5.88. The molecule has 0 aliphatic carbocycles. The van der Waals surface area contributed by atoms with Crippen molar-refractivity contribution in [1.29, 1.82) is 0 Å². The second-order valence-electron chi connectivity index (χ2n) is 5.39. The molecular weight excluding hydrogens is 288 g/mol. The molecule has 6 nitrogen and oxygen atoms in total. The third kappa shape index (κ3) is 2.95. The molecule has 1 aliphatic rings. The molecule has 7 heteroatoms. The van der Waals surface area contributed by atoms with Gasteiger partial charge < -0.3 is 4.98 Å². The second-order valence-corrected chi connectivity index (χ2v) is 7.42. The summed E-state index contributed by atoms with van der Waals surface area (Å²) in [4.78, 5) is 7.70. The fourth-order valence-corrected chi connectivity index (χ4v) is 4.05. The van der Waals surface area contributed by atoms with Crippen LogP contribution in [0.3, 0.4) is 0 Å². The zero-order valence-corrected chi connectivity index (χ0v) is 12.9. The van der Waals surface area contributed by atoms with Gasteiger partial charge in [0.1, 0.15) is 5.82 Å². The van der Waals surface area contributed by atoms with E-state index in [2.05, 4.69) is 9.97 Å². The average molecular weight is 308 g/mol. The van der Waals surface area contributed by atoms with Gasteiger partial charge in [0.15, 0.2) is 0 Å². The summed E-state index contributed by atoms with van der Waals surface area (Å²) in [5, 5.41) is 0. The van der Waals surface area contributed by atoms with Gasteiger partial charge in [-0.15, -0.1) is 0 Å². The zero-order chi connectivity index (χ0) is 14.9. The van der Waals surface area contributed by atoms with Crippen LogP contribution in [0.2, 0.25) is 0 Å². The van der Waals surface area contributed by atoms with Gasteiger partial charge in [-0.1, -0.05) is 12.1 Å². The standard InChI is InChI=1S/C14H20N4O2S/c1-17(21(19,20)18-9-4-5-10-18)11-8-14-15-12-6-2-3-7-13(12)16-14/h2-3,6-7H,4-5,8-11H2,1H3,(H,15,16). The molecule has 1 aromatic carbocycles. The topological polar surface area (TPSA) is 69.3 Å². The molecule has 0 atom stereocenters. The fraction of sp³-hybridized carbons (Fsp3) is 0.500. The van der Waals surface area contributed by atoms with Crippen LogP contribution < -0.4 is 0 Å². The molecule has 1 aliphatic heterocycles. The summed E-state index contributed by atoms with van der Waals surface area (Å²) in [6.07, 6.45) is 2.49. The van der Waals surface area contributed by atoms with Crippen LogP contribution in [0.1, 0.15) is 18.7 Å². The van der Waals surface area contributed by atoms with Gasteiger partial charge in [-0.25, -0.2) is 4.98 Å². The van der Waals surface area contributed by atoms with Crippen molar-refractivity contribution in [2.24, 2.45) is 0 Å². The minimum atomic E-state index is -3.31. The number of nitrogens with one attached hydrogen (secondary N) is 1. The number of hydrogen-bond donors (Lipinski definition) is 1. The van der Waals surface area contributed by atoms with Gasteiger partial charge in [0.05, 0.1) is 11.0 Å². The number of aromatic nitrogens is 2.